The van der Waals surface area contributed by atoms with E-state index in [0.29, 0.717) is 22.7 Å². The second kappa shape index (κ2) is 11.1. The number of pyridine rings is 1. The summed E-state index contributed by atoms with van der Waals surface area (Å²) < 4.78 is 79.5. The predicted octanol–water partition coefficient (Wildman–Crippen LogP) is 5.85. The lowest BCUT2D eigenvalue weighted by Gasteiger charge is -2.21. The standard InChI is InChI=1S/C25H21ClF6N4O/c1-36(14-16-6-2-3-7-19(16)26)23(37)21(33)22(20-8-4-5-9-34-20)35-13-15-10-17(24(27,28)29)12-18(11-15)25(30,31)32/h2-12,35H,13-14,33H2,1H3/b22-21-. The van der Waals surface area contributed by atoms with Crippen molar-refractivity contribution in [3.63, 3.8) is 0 Å². The van der Waals surface area contributed by atoms with Gasteiger partial charge in [0, 0.05) is 31.4 Å². The molecule has 0 spiro atoms. The molecule has 1 amide bonds. The van der Waals surface area contributed by atoms with Gasteiger partial charge in [-0.05, 0) is 47.5 Å². The monoisotopic (exact) mass is 542 g/mol. The maximum absolute atomic E-state index is 13.2. The molecule has 196 valence electrons. The Morgan fingerprint density at radius 1 is 0.973 bits per heavy atom. The van der Waals surface area contributed by atoms with Crippen LogP contribution >= 0.6 is 11.6 Å². The number of aromatic nitrogens is 1. The summed E-state index contributed by atoms with van der Waals surface area (Å²) in [4.78, 5) is 18.5. The van der Waals surface area contributed by atoms with Crippen LogP contribution in [0.1, 0.15) is 27.9 Å². The summed E-state index contributed by atoms with van der Waals surface area (Å²) >= 11 is 6.15. The number of carbonyl (C=O) groups excluding carboxylic acids is 1. The van der Waals surface area contributed by atoms with Crippen LogP contribution in [0.2, 0.25) is 5.02 Å². The van der Waals surface area contributed by atoms with Crippen LogP contribution in [0.3, 0.4) is 0 Å². The molecule has 5 nitrogen and oxygen atoms in total. The molecular weight excluding hydrogens is 522 g/mol. The van der Waals surface area contributed by atoms with E-state index >= 15 is 0 Å². The van der Waals surface area contributed by atoms with Crippen LogP contribution in [0.5, 0.6) is 0 Å². The lowest BCUT2D eigenvalue weighted by atomic mass is 10.0. The molecule has 0 radical (unpaired) electrons. The first-order valence-electron chi connectivity index (χ1n) is 10.7. The van der Waals surface area contributed by atoms with E-state index in [4.69, 9.17) is 17.3 Å². The number of nitrogens with two attached hydrogens (primary N) is 1. The molecule has 0 saturated heterocycles. The Bertz CT molecular complexity index is 1260. The highest BCUT2D eigenvalue weighted by atomic mass is 35.5. The molecule has 0 atom stereocenters. The Morgan fingerprint density at radius 2 is 1.57 bits per heavy atom. The van der Waals surface area contributed by atoms with Crippen molar-refractivity contribution in [1.82, 2.24) is 15.2 Å². The predicted molar refractivity (Wildman–Crippen MR) is 127 cm³/mol. The van der Waals surface area contributed by atoms with Crippen LogP contribution in [0, 0.1) is 0 Å². The number of halogens is 7. The molecule has 0 aliphatic carbocycles. The highest BCUT2D eigenvalue weighted by molar-refractivity contribution is 6.31. The first kappa shape index (κ1) is 27.9. The molecule has 0 bridgehead atoms. The number of rotatable bonds is 7. The minimum atomic E-state index is -4.99. The molecule has 37 heavy (non-hydrogen) atoms. The van der Waals surface area contributed by atoms with Crippen LogP contribution in [-0.2, 0) is 30.2 Å². The fraction of sp³-hybridized carbons (Fsp3) is 0.200. The molecular formula is C25H21ClF6N4O. The molecule has 0 saturated carbocycles. The highest BCUT2D eigenvalue weighted by Gasteiger charge is 2.37. The van der Waals surface area contributed by atoms with Gasteiger partial charge in [0.2, 0.25) is 0 Å². The van der Waals surface area contributed by atoms with Crippen molar-refractivity contribution in [3.8, 4) is 0 Å². The van der Waals surface area contributed by atoms with E-state index in [1.54, 1.807) is 36.4 Å². The maximum atomic E-state index is 13.2. The quantitative estimate of drug-likeness (QED) is 0.290. The van der Waals surface area contributed by atoms with E-state index in [9.17, 15) is 31.1 Å². The van der Waals surface area contributed by atoms with Gasteiger partial charge in [0.25, 0.3) is 5.91 Å². The summed E-state index contributed by atoms with van der Waals surface area (Å²) in [6.45, 7) is -0.404. The summed E-state index contributed by atoms with van der Waals surface area (Å²) in [6, 6.07) is 12.7. The first-order valence-corrected chi connectivity index (χ1v) is 11.1. The van der Waals surface area contributed by atoms with Crippen LogP contribution in [-0.4, -0.2) is 22.8 Å². The second-order valence-electron chi connectivity index (χ2n) is 8.02. The van der Waals surface area contributed by atoms with E-state index in [1.165, 1.54) is 24.2 Å². The van der Waals surface area contributed by atoms with Gasteiger partial charge in [0.05, 0.1) is 22.5 Å². The van der Waals surface area contributed by atoms with Crippen molar-refractivity contribution in [2.24, 2.45) is 5.73 Å². The molecule has 3 rings (SSSR count). The van der Waals surface area contributed by atoms with Crippen LogP contribution in [0.15, 0.2) is 72.6 Å². The number of benzene rings is 2. The van der Waals surface area contributed by atoms with Crippen molar-refractivity contribution in [2.45, 2.75) is 25.4 Å². The average molecular weight is 543 g/mol. The van der Waals surface area contributed by atoms with Crippen LogP contribution in [0.4, 0.5) is 26.3 Å². The Labute approximate surface area is 213 Å². The zero-order valence-electron chi connectivity index (χ0n) is 19.3. The van der Waals surface area contributed by atoms with Crippen molar-refractivity contribution in [3.05, 3.63) is 106 Å². The topological polar surface area (TPSA) is 71.2 Å². The third-order valence-electron chi connectivity index (χ3n) is 5.25. The maximum Gasteiger partial charge on any atom is 0.416 e. The van der Waals surface area contributed by atoms with Crippen LogP contribution in [0.25, 0.3) is 5.70 Å². The van der Waals surface area contributed by atoms with Crippen molar-refractivity contribution < 1.29 is 31.1 Å². The molecule has 2 aromatic carbocycles. The van der Waals surface area contributed by atoms with Gasteiger partial charge in [0.15, 0.2) is 0 Å². The average Bonchev–Trinajstić information content (AvgIpc) is 2.84. The van der Waals surface area contributed by atoms with Gasteiger partial charge >= 0.3 is 12.4 Å². The lowest BCUT2D eigenvalue weighted by Crippen LogP contribution is -2.33. The van der Waals surface area contributed by atoms with Gasteiger partial charge in [-0.15, -0.1) is 0 Å². The number of nitrogens with zero attached hydrogens (tertiary/aromatic N) is 2. The number of likely N-dealkylation sites (N-methyl/N-ethyl adjacent to an activating group) is 1. The summed E-state index contributed by atoms with van der Waals surface area (Å²) in [5.74, 6) is -0.659. The zero-order valence-corrected chi connectivity index (χ0v) is 20.0. The largest absolute Gasteiger partial charge is 0.416 e. The summed E-state index contributed by atoms with van der Waals surface area (Å²) in [6.07, 6.45) is -8.59. The number of hydrogen-bond acceptors (Lipinski definition) is 4. The van der Waals surface area contributed by atoms with Crippen molar-refractivity contribution >= 4 is 23.2 Å². The van der Waals surface area contributed by atoms with E-state index in [-0.39, 0.29) is 35.3 Å². The highest BCUT2D eigenvalue weighted by Crippen LogP contribution is 2.36. The normalized spacial score (nSPS) is 12.6. The first-order chi connectivity index (χ1) is 17.3. The number of carbonyl (C=O) groups is 1. The van der Waals surface area contributed by atoms with E-state index in [2.05, 4.69) is 10.3 Å². The molecule has 0 fully saturated rings. The number of amides is 1. The van der Waals surface area contributed by atoms with Gasteiger partial charge in [0.1, 0.15) is 5.70 Å². The minimum absolute atomic E-state index is 0.0422. The van der Waals surface area contributed by atoms with Gasteiger partial charge < -0.3 is 16.0 Å². The molecule has 1 heterocycles. The van der Waals surface area contributed by atoms with Gasteiger partial charge in [-0.2, -0.15) is 26.3 Å². The Hall–Kier alpha value is -3.73. The fourth-order valence-corrected chi connectivity index (χ4v) is 3.61. The van der Waals surface area contributed by atoms with E-state index in [1.807, 2.05) is 0 Å². The molecule has 0 aliphatic heterocycles. The fourth-order valence-electron chi connectivity index (χ4n) is 3.41. The van der Waals surface area contributed by atoms with E-state index in [0.717, 1.165) is 0 Å². The van der Waals surface area contributed by atoms with Gasteiger partial charge in [-0.1, -0.05) is 35.9 Å². The second-order valence-corrected chi connectivity index (χ2v) is 8.43. The Morgan fingerprint density at radius 3 is 2.11 bits per heavy atom. The molecule has 3 aromatic rings. The minimum Gasteiger partial charge on any atom is -0.393 e. The molecule has 12 heteroatoms. The molecule has 0 unspecified atom stereocenters. The molecule has 0 aliphatic rings. The summed E-state index contributed by atoms with van der Waals surface area (Å²) in [7, 11) is 1.47. The lowest BCUT2D eigenvalue weighted by molar-refractivity contribution is -0.143. The molecule has 1 aromatic heterocycles. The Kier molecular flexibility index (Phi) is 8.37. The van der Waals surface area contributed by atoms with E-state index < -0.39 is 35.9 Å². The van der Waals surface area contributed by atoms with Gasteiger partial charge in [-0.3, -0.25) is 9.78 Å². The Balaban J connectivity index is 1.95. The van der Waals surface area contributed by atoms with Crippen molar-refractivity contribution in [1.29, 1.82) is 0 Å². The zero-order chi connectivity index (χ0) is 27.4. The third-order valence-corrected chi connectivity index (χ3v) is 5.62. The van der Waals surface area contributed by atoms with Crippen molar-refractivity contribution in [2.75, 3.05) is 7.05 Å². The number of nitrogens with one attached hydrogen (secondary N) is 1. The smallest absolute Gasteiger partial charge is 0.393 e. The number of alkyl halides is 6. The summed E-state index contributed by atoms with van der Waals surface area (Å²) in [5, 5.41) is 3.13. The summed E-state index contributed by atoms with van der Waals surface area (Å²) in [5.41, 5.74) is 3.34. The number of hydrogen-bond donors (Lipinski definition) is 2. The molecule has 3 N–H and O–H groups in total. The van der Waals surface area contributed by atoms with Gasteiger partial charge in [-0.25, -0.2) is 0 Å². The SMILES string of the molecule is CN(Cc1ccccc1Cl)C(=O)/C(N)=C(/NCc1cc(C(F)(F)F)cc(C(F)(F)F)c1)c1ccccn1. The van der Waals surface area contributed by atoms with Crippen LogP contribution < -0.4 is 11.1 Å². The third kappa shape index (κ3) is 7.16.